The normalized spacial score (nSPS) is 19.4. The van der Waals surface area contributed by atoms with E-state index in [1.54, 1.807) is 11.8 Å². The van der Waals surface area contributed by atoms with Crippen LogP contribution in [-0.2, 0) is 0 Å². The van der Waals surface area contributed by atoms with E-state index in [2.05, 4.69) is 16.0 Å². The molecule has 2 heterocycles. The lowest BCUT2D eigenvalue weighted by Crippen LogP contribution is -2.16. The molecular formula is C12H10N2OS. The third kappa shape index (κ3) is 1.55. The van der Waals surface area contributed by atoms with Crippen LogP contribution in [0, 0.1) is 0 Å². The van der Waals surface area contributed by atoms with E-state index in [9.17, 15) is 4.79 Å². The average molecular weight is 230 g/mol. The van der Waals surface area contributed by atoms with E-state index in [1.807, 2.05) is 29.7 Å². The van der Waals surface area contributed by atoms with Crippen LogP contribution in [0.3, 0.4) is 0 Å². The second-order valence-electron chi connectivity index (χ2n) is 3.70. The molecule has 0 radical (unpaired) electrons. The molecule has 1 aromatic heterocycles. The maximum atomic E-state index is 11.9. The summed E-state index contributed by atoms with van der Waals surface area (Å²) in [4.78, 5) is 19.2. The van der Waals surface area contributed by atoms with Gasteiger partial charge < -0.3 is 4.98 Å². The second kappa shape index (κ2) is 3.79. The van der Waals surface area contributed by atoms with Gasteiger partial charge in [0.15, 0.2) is 0 Å². The first-order valence-electron chi connectivity index (χ1n) is 5.14. The fourth-order valence-corrected chi connectivity index (χ4v) is 2.75. The third-order valence-electron chi connectivity index (χ3n) is 2.62. The molecule has 80 valence electrons. The molecule has 3 rings (SSSR count). The van der Waals surface area contributed by atoms with Gasteiger partial charge in [0.2, 0.25) is 0 Å². The molecule has 0 saturated carbocycles. The Balaban J connectivity index is 2.18. The molecule has 3 nitrogen and oxygen atoms in total. The van der Waals surface area contributed by atoms with Crippen LogP contribution in [0.2, 0.25) is 0 Å². The van der Waals surface area contributed by atoms with E-state index in [1.165, 1.54) is 0 Å². The SMILES string of the molecule is O=c1[nH]c2ccccc2nc1C1CC=CS1. The quantitative estimate of drug-likeness (QED) is 0.819. The number of benzene rings is 1. The van der Waals surface area contributed by atoms with E-state index < -0.39 is 0 Å². The summed E-state index contributed by atoms with van der Waals surface area (Å²) in [5.41, 5.74) is 2.21. The number of aromatic amines is 1. The fraction of sp³-hybridized carbons (Fsp3) is 0.167. The number of H-pyrrole nitrogens is 1. The maximum absolute atomic E-state index is 11.9. The smallest absolute Gasteiger partial charge is 0.271 e. The van der Waals surface area contributed by atoms with Crippen molar-refractivity contribution in [2.45, 2.75) is 11.7 Å². The molecule has 1 aromatic carbocycles. The lowest BCUT2D eigenvalue weighted by atomic mass is 10.2. The molecule has 0 saturated heterocycles. The Morgan fingerprint density at radius 1 is 1.38 bits per heavy atom. The van der Waals surface area contributed by atoms with Crippen molar-refractivity contribution in [2.75, 3.05) is 0 Å². The summed E-state index contributed by atoms with van der Waals surface area (Å²) in [6.45, 7) is 0. The largest absolute Gasteiger partial charge is 0.319 e. The van der Waals surface area contributed by atoms with E-state index in [-0.39, 0.29) is 10.8 Å². The van der Waals surface area contributed by atoms with Gasteiger partial charge in [-0.15, -0.1) is 11.8 Å². The molecule has 16 heavy (non-hydrogen) atoms. The molecule has 1 aliphatic rings. The summed E-state index contributed by atoms with van der Waals surface area (Å²) < 4.78 is 0. The minimum Gasteiger partial charge on any atom is -0.319 e. The van der Waals surface area contributed by atoms with E-state index >= 15 is 0 Å². The molecule has 0 fully saturated rings. The van der Waals surface area contributed by atoms with Crippen molar-refractivity contribution < 1.29 is 0 Å². The van der Waals surface area contributed by atoms with E-state index in [0.717, 1.165) is 17.5 Å². The van der Waals surface area contributed by atoms with Crippen molar-refractivity contribution in [3.8, 4) is 0 Å². The van der Waals surface area contributed by atoms with Gasteiger partial charge in [-0.25, -0.2) is 4.98 Å². The molecule has 1 aliphatic heterocycles. The lowest BCUT2D eigenvalue weighted by Gasteiger charge is -2.07. The van der Waals surface area contributed by atoms with Crippen molar-refractivity contribution in [3.63, 3.8) is 0 Å². The minimum atomic E-state index is -0.0695. The summed E-state index contributed by atoms with van der Waals surface area (Å²) in [7, 11) is 0. The number of allylic oxidation sites excluding steroid dienone is 1. The van der Waals surface area contributed by atoms with Gasteiger partial charge in [0.05, 0.1) is 16.3 Å². The number of para-hydroxylation sites is 2. The van der Waals surface area contributed by atoms with Crippen molar-refractivity contribution in [3.05, 3.63) is 51.8 Å². The average Bonchev–Trinajstić information content (AvgIpc) is 2.81. The monoisotopic (exact) mass is 230 g/mol. The highest BCUT2D eigenvalue weighted by Gasteiger charge is 2.19. The number of hydrogen-bond donors (Lipinski definition) is 1. The number of nitrogens with zero attached hydrogens (tertiary/aromatic N) is 1. The number of nitrogens with one attached hydrogen (secondary N) is 1. The first-order chi connectivity index (χ1) is 7.84. The van der Waals surface area contributed by atoms with Crippen LogP contribution in [0.4, 0.5) is 0 Å². The van der Waals surface area contributed by atoms with Gasteiger partial charge >= 0.3 is 0 Å². The Morgan fingerprint density at radius 3 is 3.06 bits per heavy atom. The van der Waals surface area contributed by atoms with Crippen LogP contribution in [0.25, 0.3) is 11.0 Å². The van der Waals surface area contributed by atoms with Crippen molar-refractivity contribution in [1.29, 1.82) is 0 Å². The number of rotatable bonds is 1. The Labute approximate surface area is 96.6 Å². The highest BCUT2D eigenvalue weighted by atomic mass is 32.2. The predicted octanol–water partition coefficient (Wildman–Crippen LogP) is 2.61. The molecule has 2 aromatic rings. The van der Waals surface area contributed by atoms with Crippen LogP contribution in [0.15, 0.2) is 40.5 Å². The van der Waals surface area contributed by atoms with Gasteiger partial charge in [-0.2, -0.15) is 0 Å². The van der Waals surface area contributed by atoms with Gasteiger partial charge in [0.1, 0.15) is 5.69 Å². The Kier molecular flexibility index (Phi) is 2.29. The van der Waals surface area contributed by atoms with Crippen LogP contribution >= 0.6 is 11.8 Å². The number of thioether (sulfide) groups is 1. The fourth-order valence-electron chi connectivity index (χ4n) is 1.82. The maximum Gasteiger partial charge on any atom is 0.271 e. The molecule has 0 aliphatic carbocycles. The topological polar surface area (TPSA) is 45.8 Å². The standard InChI is InChI=1S/C12H10N2OS/c15-12-11(10-6-3-7-16-10)13-8-4-1-2-5-9(8)14-12/h1-5,7,10H,6H2,(H,14,15). The van der Waals surface area contributed by atoms with E-state index in [4.69, 9.17) is 0 Å². The van der Waals surface area contributed by atoms with Gasteiger partial charge in [0.25, 0.3) is 5.56 Å². The summed E-state index contributed by atoms with van der Waals surface area (Å²) in [5.74, 6) is 0. The van der Waals surface area contributed by atoms with Gasteiger partial charge in [-0.3, -0.25) is 4.79 Å². The Hall–Kier alpha value is -1.55. The summed E-state index contributed by atoms with van der Waals surface area (Å²) >= 11 is 1.66. The van der Waals surface area contributed by atoms with Crippen LogP contribution < -0.4 is 5.56 Å². The molecule has 0 amide bonds. The van der Waals surface area contributed by atoms with Crippen molar-refractivity contribution in [2.24, 2.45) is 0 Å². The van der Waals surface area contributed by atoms with Gasteiger partial charge in [0, 0.05) is 0 Å². The number of hydrogen-bond acceptors (Lipinski definition) is 3. The predicted molar refractivity (Wildman–Crippen MR) is 66.5 cm³/mol. The highest BCUT2D eigenvalue weighted by molar-refractivity contribution is 8.02. The van der Waals surface area contributed by atoms with Gasteiger partial charge in [-0.05, 0) is 24.0 Å². The van der Waals surface area contributed by atoms with Crippen LogP contribution in [0.1, 0.15) is 17.4 Å². The Bertz CT molecular complexity index is 610. The third-order valence-corrected chi connectivity index (χ3v) is 3.71. The lowest BCUT2D eigenvalue weighted by molar-refractivity contribution is 0.910. The second-order valence-corrected chi connectivity index (χ2v) is 4.81. The first kappa shape index (κ1) is 9.66. The summed E-state index contributed by atoms with van der Waals surface area (Å²) in [5, 5.41) is 2.20. The number of fused-ring (bicyclic) bond motifs is 1. The minimum absolute atomic E-state index is 0.0695. The zero-order valence-electron chi connectivity index (χ0n) is 8.51. The van der Waals surface area contributed by atoms with Crippen molar-refractivity contribution in [1.82, 2.24) is 9.97 Å². The van der Waals surface area contributed by atoms with Crippen molar-refractivity contribution >= 4 is 22.8 Å². The zero-order valence-corrected chi connectivity index (χ0v) is 9.33. The summed E-state index contributed by atoms with van der Waals surface area (Å²) in [6, 6.07) is 7.61. The first-order valence-corrected chi connectivity index (χ1v) is 6.08. The summed E-state index contributed by atoms with van der Waals surface area (Å²) in [6.07, 6.45) is 2.96. The van der Waals surface area contributed by atoms with Crippen LogP contribution in [0.5, 0.6) is 0 Å². The Morgan fingerprint density at radius 2 is 2.25 bits per heavy atom. The molecule has 1 N–H and O–H groups in total. The number of aromatic nitrogens is 2. The zero-order chi connectivity index (χ0) is 11.0. The molecule has 1 unspecified atom stereocenters. The molecule has 4 heteroatoms. The van der Waals surface area contributed by atoms with E-state index in [0.29, 0.717) is 5.69 Å². The highest BCUT2D eigenvalue weighted by Crippen LogP contribution is 2.35. The van der Waals surface area contributed by atoms with Crippen LogP contribution in [-0.4, -0.2) is 9.97 Å². The molecular weight excluding hydrogens is 220 g/mol. The molecule has 1 atom stereocenters. The molecule has 0 bridgehead atoms. The van der Waals surface area contributed by atoms with Gasteiger partial charge in [-0.1, -0.05) is 18.2 Å². The molecule has 0 spiro atoms.